The molecule has 1 aromatic carbocycles. The summed E-state index contributed by atoms with van der Waals surface area (Å²) in [5.41, 5.74) is 0.185. The third-order valence-electron chi connectivity index (χ3n) is 3.95. The van der Waals surface area contributed by atoms with Crippen LogP contribution in [0.2, 0.25) is 0 Å². The Morgan fingerprint density at radius 3 is 2.54 bits per heavy atom. The lowest BCUT2D eigenvalue weighted by molar-refractivity contribution is -0.0503. The molecule has 128 valence electrons. The van der Waals surface area contributed by atoms with Crippen LogP contribution >= 0.6 is 11.3 Å². The predicted molar refractivity (Wildman–Crippen MR) is 88.6 cm³/mol. The second-order valence-electron chi connectivity index (χ2n) is 5.52. The Balaban J connectivity index is 1.61. The van der Waals surface area contributed by atoms with Crippen LogP contribution < -0.4 is 4.74 Å². The van der Waals surface area contributed by atoms with Gasteiger partial charge in [0.2, 0.25) is 0 Å². The van der Waals surface area contributed by atoms with Gasteiger partial charge in [-0.05, 0) is 23.6 Å². The Morgan fingerprint density at radius 2 is 1.88 bits per heavy atom. The van der Waals surface area contributed by atoms with Crippen LogP contribution in [-0.2, 0) is 6.54 Å². The molecule has 1 saturated heterocycles. The number of alkyl halides is 2. The zero-order valence-electron chi connectivity index (χ0n) is 13.0. The van der Waals surface area contributed by atoms with Crippen LogP contribution in [0.1, 0.15) is 15.2 Å². The number of thiophene rings is 1. The van der Waals surface area contributed by atoms with Crippen LogP contribution in [0.15, 0.2) is 41.8 Å². The van der Waals surface area contributed by atoms with Gasteiger partial charge in [0.25, 0.3) is 5.91 Å². The van der Waals surface area contributed by atoms with Crippen molar-refractivity contribution in [2.24, 2.45) is 0 Å². The fraction of sp³-hybridized carbons (Fsp3) is 0.353. The van der Waals surface area contributed by atoms with E-state index in [1.54, 1.807) is 28.4 Å². The molecule has 0 bridgehead atoms. The highest BCUT2D eigenvalue weighted by Crippen LogP contribution is 2.23. The van der Waals surface area contributed by atoms with Gasteiger partial charge in [0.05, 0.1) is 5.56 Å². The second kappa shape index (κ2) is 7.72. The van der Waals surface area contributed by atoms with Crippen molar-refractivity contribution in [3.63, 3.8) is 0 Å². The quantitative estimate of drug-likeness (QED) is 0.828. The normalized spacial score (nSPS) is 15.7. The molecule has 2 heterocycles. The zero-order valence-corrected chi connectivity index (χ0v) is 13.8. The Bertz CT molecular complexity index is 671. The third kappa shape index (κ3) is 4.10. The molecule has 7 heteroatoms. The third-order valence-corrected chi connectivity index (χ3v) is 4.81. The number of piperazine rings is 1. The van der Waals surface area contributed by atoms with Gasteiger partial charge in [0.15, 0.2) is 0 Å². The molecule has 24 heavy (non-hydrogen) atoms. The summed E-state index contributed by atoms with van der Waals surface area (Å²) >= 11 is 1.72. The van der Waals surface area contributed by atoms with Crippen LogP contribution in [0.25, 0.3) is 0 Å². The van der Waals surface area contributed by atoms with E-state index in [-0.39, 0.29) is 17.2 Å². The van der Waals surface area contributed by atoms with Crippen LogP contribution in [0.3, 0.4) is 0 Å². The van der Waals surface area contributed by atoms with Crippen molar-refractivity contribution < 1.29 is 18.3 Å². The minimum absolute atomic E-state index is 0.0708. The first-order chi connectivity index (χ1) is 11.6. The van der Waals surface area contributed by atoms with Crippen molar-refractivity contribution in [1.82, 2.24) is 9.80 Å². The number of halogens is 2. The lowest BCUT2D eigenvalue weighted by atomic mass is 10.1. The van der Waals surface area contributed by atoms with Gasteiger partial charge in [-0.2, -0.15) is 8.78 Å². The van der Waals surface area contributed by atoms with Gasteiger partial charge in [-0.25, -0.2) is 0 Å². The first-order valence-corrected chi connectivity index (χ1v) is 8.59. The lowest BCUT2D eigenvalue weighted by Crippen LogP contribution is -2.48. The number of ether oxygens (including phenoxy) is 1. The van der Waals surface area contributed by atoms with Crippen molar-refractivity contribution >= 4 is 17.2 Å². The van der Waals surface area contributed by atoms with E-state index < -0.39 is 6.61 Å². The van der Waals surface area contributed by atoms with E-state index in [0.29, 0.717) is 13.1 Å². The number of hydrogen-bond acceptors (Lipinski definition) is 4. The SMILES string of the molecule is O=C(c1ccccc1OC(F)F)N1CCN(Cc2cccs2)CC1. The van der Waals surface area contributed by atoms with Crippen molar-refractivity contribution in [2.45, 2.75) is 13.2 Å². The number of carbonyl (C=O) groups is 1. The Morgan fingerprint density at radius 1 is 1.12 bits per heavy atom. The smallest absolute Gasteiger partial charge is 0.387 e. The monoisotopic (exact) mass is 352 g/mol. The first-order valence-electron chi connectivity index (χ1n) is 7.71. The maximum absolute atomic E-state index is 12.6. The maximum Gasteiger partial charge on any atom is 0.387 e. The number of hydrogen-bond donors (Lipinski definition) is 0. The molecule has 0 saturated carbocycles. The summed E-state index contributed by atoms with van der Waals surface area (Å²) in [5.74, 6) is -0.333. The summed E-state index contributed by atoms with van der Waals surface area (Å²) in [4.78, 5) is 17.9. The van der Waals surface area contributed by atoms with Crippen LogP contribution in [-0.4, -0.2) is 48.5 Å². The molecule has 1 aliphatic heterocycles. The van der Waals surface area contributed by atoms with Crippen molar-refractivity contribution in [2.75, 3.05) is 26.2 Å². The number of benzene rings is 1. The van der Waals surface area contributed by atoms with Gasteiger partial charge in [0.1, 0.15) is 5.75 Å². The maximum atomic E-state index is 12.6. The van der Waals surface area contributed by atoms with E-state index in [1.807, 2.05) is 6.07 Å². The van der Waals surface area contributed by atoms with Gasteiger partial charge in [-0.3, -0.25) is 9.69 Å². The number of carbonyl (C=O) groups excluding carboxylic acids is 1. The molecule has 0 unspecified atom stereocenters. The molecule has 4 nitrogen and oxygen atoms in total. The molecular weight excluding hydrogens is 334 g/mol. The molecule has 2 aromatic rings. The predicted octanol–water partition coefficient (Wildman–Crippen LogP) is 3.31. The van der Waals surface area contributed by atoms with Crippen molar-refractivity contribution in [1.29, 1.82) is 0 Å². The Hall–Kier alpha value is -1.99. The summed E-state index contributed by atoms with van der Waals surface area (Å²) in [7, 11) is 0. The standard InChI is InChI=1S/C17H18F2N2O2S/c18-17(19)23-15-6-2-1-5-14(15)16(22)21-9-7-20(8-10-21)12-13-4-3-11-24-13/h1-6,11,17H,7-10,12H2. The summed E-state index contributed by atoms with van der Waals surface area (Å²) in [5, 5.41) is 2.05. The molecule has 0 aliphatic carbocycles. The van der Waals surface area contributed by atoms with E-state index in [0.717, 1.165) is 19.6 Å². The number of nitrogens with zero attached hydrogens (tertiary/aromatic N) is 2. The minimum Gasteiger partial charge on any atom is -0.434 e. The molecule has 0 atom stereocenters. The summed E-state index contributed by atoms with van der Waals surface area (Å²) in [6.45, 7) is 0.621. The van der Waals surface area contributed by atoms with Gasteiger partial charge in [-0.1, -0.05) is 18.2 Å². The average molecular weight is 352 g/mol. The van der Waals surface area contributed by atoms with Crippen LogP contribution in [0.5, 0.6) is 5.75 Å². The molecular formula is C17H18F2N2O2S. The highest BCUT2D eigenvalue weighted by atomic mass is 32.1. The van der Waals surface area contributed by atoms with Gasteiger partial charge in [0, 0.05) is 37.6 Å². The van der Waals surface area contributed by atoms with Crippen LogP contribution in [0.4, 0.5) is 8.78 Å². The lowest BCUT2D eigenvalue weighted by Gasteiger charge is -2.34. The molecule has 1 fully saturated rings. The first kappa shape index (κ1) is 16.9. The number of rotatable bonds is 5. The van der Waals surface area contributed by atoms with E-state index in [9.17, 15) is 13.6 Å². The van der Waals surface area contributed by atoms with Crippen molar-refractivity contribution in [3.8, 4) is 5.75 Å². The van der Waals surface area contributed by atoms with E-state index in [2.05, 4.69) is 21.1 Å². The fourth-order valence-electron chi connectivity index (χ4n) is 2.74. The van der Waals surface area contributed by atoms with Crippen molar-refractivity contribution in [3.05, 3.63) is 52.2 Å². The number of para-hydroxylation sites is 1. The summed E-state index contributed by atoms with van der Waals surface area (Å²) in [6, 6.07) is 10.3. The Kier molecular flexibility index (Phi) is 5.42. The largest absolute Gasteiger partial charge is 0.434 e. The Labute approximate surface area is 143 Å². The topological polar surface area (TPSA) is 32.8 Å². The van der Waals surface area contributed by atoms with E-state index >= 15 is 0 Å². The molecule has 1 amide bonds. The average Bonchev–Trinajstić information content (AvgIpc) is 3.08. The highest BCUT2D eigenvalue weighted by molar-refractivity contribution is 7.09. The van der Waals surface area contributed by atoms with E-state index in [4.69, 9.17) is 0 Å². The van der Waals surface area contributed by atoms with E-state index in [1.165, 1.54) is 17.0 Å². The zero-order chi connectivity index (χ0) is 16.9. The number of amides is 1. The molecule has 1 aliphatic rings. The van der Waals surface area contributed by atoms with Gasteiger partial charge < -0.3 is 9.64 Å². The molecule has 0 N–H and O–H groups in total. The second-order valence-corrected chi connectivity index (χ2v) is 6.55. The molecule has 0 radical (unpaired) electrons. The van der Waals surface area contributed by atoms with Crippen LogP contribution in [0, 0.1) is 0 Å². The summed E-state index contributed by atoms with van der Waals surface area (Å²) < 4.78 is 29.4. The van der Waals surface area contributed by atoms with Gasteiger partial charge >= 0.3 is 6.61 Å². The molecule has 0 spiro atoms. The van der Waals surface area contributed by atoms with Gasteiger partial charge in [-0.15, -0.1) is 11.3 Å². The molecule has 1 aromatic heterocycles. The fourth-order valence-corrected chi connectivity index (χ4v) is 3.49. The highest BCUT2D eigenvalue weighted by Gasteiger charge is 2.25. The summed E-state index contributed by atoms with van der Waals surface area (Å²) in [6.07, 6.45) is 0. The minimum atomic E-state index is -2.94. The molecule has 3 rings (SSSR count).